The summed E-state index contributed by atoms with van der Waals surface area (Å²) in [7, 11) is 1.63. The van der Waals surface area contributed by atoms with E-state index in [1.807, 2.05) is 12.1 Å². The van der Waals surface area contributed by atoms with Gasteiger partial charge in [0.15, 0.2) is 0 Å². The third kappa shape index (κ3) is 2.48. The fraction of sp³-hybridized carbons (Fsp3) is 0.200. The first-order valence-corrected chi connectivity index (χ1v) is 6.79. The van der Waals surface area contributed by atoms with Crippen LogP contribution in [-0.2, 0) is 18.3 Å². The number of anilines is 1. The summed E-state index contributed by atoms with van der Waals surface area (Å²) < 4.78 is 1.39. The molecule has 0 unspecified atom stereocenters. The van der Waals surface area contributed by atoms with Crippen molar-refractivity contribution in [2.45, 2.75) is 13.3 Å². The molecule has 0 spiro atoms. The number of benzene rings is 1. The monoisotopic (exact) mass is 297 g/mol. The summed E-state index contributed by atoms with van der Waals surface area (Å²) in [6, 6.07) is 5.54. The number of fused-ring (bicyclic) bond motifs is 1. The molecule has 7 heteroatoms. The van der Waals surface area contributed by atoms with Gasteiger partial charge in [0.2, 0.25) is 5.91 Å². The first-order valence-electron chi connectivity index (χ1n) is 6.79. The Morgan fingerprint density at radius 2 is 2.23 bits per heavy atom. The number of amides is 1. The van der Waals surface area contributed by atoms with Crippen molar-refractivity contribution < 1.29 is 4.79 Å². The fourth-order valence-corrected chi connectivity index (χ4v) is 2.29. The summed E-state index contributed by atoms with van der Waals surface area (Å²) in [4.78, 5) is 28.2. The summed E-state index contributed by atoms with van der Waals surface area (Å²) in [5, 5.41) is 10.5. The molecule has 2 N–H and O–H groups in total. The van der Waals surface area contributed by atoms with Crippen molar-refractivity contribution in [3.8, 4) is 0 Å². The normalized spacial score (nSPS) is 10.8. The van der Waals surface area contributed by atoms with Crippen LogP contribution in [0.15, 0.2) is 35.5 Å². The summed E-state index contributed by atoms with van der Waals surface area (Å²) >= 11 is 0. The van der Waals surface area contributed by atoms with Crippen molar-refractivity contribution in [3.63, 3.8) is 0 Å². The lowest BCUT2D eigenvalue weighted by Crippen LogP contribution is -2.24. The molecule has 2 heterocycles. The van der Waals surface area contributed by atoms with Crippen molar-refractivity contribution in [1.82, 2.24) is 19.7 Å². The number of carbonyl (C=O) groups is 1. The van der Waals surface area contributed by atoms with Crippen molar-refractivity contribution in [1.29, 1.82) is 0 Å². The molecule has 0 aliphatic carbocycles. The van der Waals surface area contributed by atoms with Gasteiger partial charge in [-0.25, -0.2) is 4.98 Å². The third-order valence-electron chi connectivity index (χ3n) is 3.54. The Balaban J connectivity index is 1.83. The zero-order chi connectivity index (χ0) is 15.7. The number of hydrogen-bond donors (Lipinski definition) is 2. The summed E-state index contributed by atoms with van der Waals surface area (Å²) in [6.45, 7) is 1.67. The van der Waals surface area contributed by atoms with Crippen LogP contribution in [0.2, 0.25) is 0 Å². The van der Waals surface area contributed by atoms with Gasteiger partial charge >= 0.3 is 0 Å². The minimum atomic E-state index is -0.231. The van der Waals surface area contributed by atoms with Crippen molar-refractivity contribution in [2.24, 2.45) is 7.05 Å². The Bertz CT molecular complexity index is 910. The van der Waals surface area contributed by atoms with E-state index in [4.69, 9.17) is 0 Å². The van der Waals surface area contributed by atoms with E-state index in [0.29, 0.717) is 16.9 Å². The van der Waals surface area contributed by atoms with Crippen LogP contribution >= 0.6 is 0 Å². The van der Waals surface area contributed by atoms with Gasteiger partial charge < -0.3 is 9.88 Å². The van der Waals surface area contributed by atoms with E-state index in [0.717, 1.165) is 10.9 Å². The van der Waals surface area contributed by atoms with Crippen LogP contribution in [0.3, 0.4) is 0 Å². The van der Waals surface area contributed by atoms with Gasteiger partial charge in [0.25, 0.3) is 5.56 Å². The topological polar surface area (TPSA) is 92.7 Å². The molecule has 112 valence electrons. The summed E-state index contributed by atoms with van der Waals surface area (Å²) in [5.41, 5.74) is 2.25. The highest BCUT2D eigenvalue weighted by atomic mass is 16.1. The molecule has 2 aromatic heterocycles. The van der Waals surface area contributed by atoms with Crippen LogP contribution in [0.1, 0.15) is 11.3 Å². The molecule has 7 nitrogen and oxygen atoms in total. The predicted octanol–water partition coefficient (Wildman–Crippen LogP) is 1.15. The molecular formula is C15H15N5O2. The zero-order valence-corrected chi connectivity index (χ0v) is 12.3. The first kappa shape index (κ1) is 14.0. The van der Waals surface area contributed by atoms with Crippen LogP contribution < -0.4 is 10.9 Å². The van der Waals surface area contributed by atoms with Gasteiger partial charge in [-0.15, -0.1) is 0 Å². The first-order chi connectivity index (χ1) is 10.6. The van der Waals surface area contributed by atoms with Crippen molar-refractivity contribution >= 4 is 22.5 Å². The van der Waals surface area contributed by atoms with Crippen molar-refractivity contribution in [2.75, 3.05) is 5.32 Å². The van der Waals surface area contributed by atoms with E-state index in [1.165, 1.54) is 10.9 Å². The lowest BCUT2D eigenvalue weighted by molar-refractivity contribution is -0.115. The minimum Gasteiger partial charge on any atom is -0.324 e. The molecule has 0 saturated carbocycles. The van der Waals surface area contributed by atoms with Crippen LogP contribution in [-0.4, -0.2) is 25.7 Å². The maximum absolute atomic E-state index is 12.2. The van der Waals surface area contributed by atoms with E-state index in [9.17, 15) is 9.59 Å². The Labute approximate surface area is 126 Å². The van der Waals surface area contributed by atoms with Crippen LogP contribution in [0.4, 0.5) is 5.69 Å². The Hall–Kier alpha value is -2.96. The quantitative estimate of drug-likeness (QED) is 0.758. The number of rotatable bonds is 3. The Kier molecular flexibility index (Phi) is 3.46. The number of nitrogens with zero attached hydrogens (tertiary/aromatic N) is 3. The van der Waals surface area contributed by atoms with Gasteiger partial charge in [0.05, 0.1) is 35.8 Å². The van der Waals surface area contributed by atoms with E-state index < -0.39 is 0 Å². The lowest BCUT2D eigenvalue weighted by atomic mass is 10.1. The molecular weight excluding hydrogens is 282 g/mol. The maximum Gasteiger partial charge on any atom is 0.256 e. The molecule has 0 atom stereocenters. The van der Waals surface area contributed by atoms with Gasteiger partial charge in [0, 0.05) is 18.0 Å². The van der Waals surface area contributed by atoms with Gasteiger partial charge in [-0.3, -0.25) is 14.7 Å². The molecule has 1 aromatic carbocycles. The second-order valence-electron chi connectivity index (χ2n) is 5.10. The molecule has 0 aliphatic heterocycles. The molecule has 1 amide bonds. The second kappa shape index (κ2) is 5.44. The minimum absolute atomic E-state index is 0.0481. The molecule has 22 heavy (non-hydrogen) atoms. The van der Waals surface area contributed by atoms with Crippen LogP contribution in [0.5, 0.6) is 0 Å². The summed E-state index contributed by atoms with van der Waals surface area (Å²) in [5.74, 6) is -0.231. The van der Waals surface area contributed by atoms with Gasteiger partial charge in [-0.2, -0.15) is 5.10 Å². The predicted molar refractivity (Wildman–Crippen MR) is 82.6 cm³/mol. The highest BCUT2D eigenvalue weighted by molar-refractivity contribution is 6.00. The largest absolute Gasteiger partial charge is 0.324 e. The highest BCUT2D eigenvalue weighted by Crippen LogP contribution is 2.20. The molecule has 0 bridgehead atoms. The van der Waals surface area contributed by atoms with Gasteiger partial charge in [-0.1, -0.05) is 12.1 Å². The summed E-state index contributed by atoms with van der Waals surface area (Å²) in [6.07, 6.45) is 3.16. The number of nitrogens with one attached hydrogen (secondary N) is 2. The third-order valence-corrected chi connectivity index (χ3v) is 3.54. The molecule has 3 rings (SSSR count). The smallest absolute Gasteiger partial charge is 0.256 e. The van der Waals surface area contributed by atoms with E-state index in [1.54, 1.807) is 26.2 Å². The van der Waals surface area contributed by atoms with Gasteiger partial charge in [0.1, 0.15) is 0 Å². The number of hydrogen-bond acceptors (Lipinski definition) is 4. The lowest BCUT2D eigenvalue weighted by Gasteiger charge is -2.08. The molecule has 0 saturated heterocycles. The molecule has 3 aromatic rings. The van der Waals surface area contributed by atoms with E-state index >= 15 is 0 Å². The highest BCUT2D eigenvalue weighted by Gasteiger charge is 2.12. The van der Waals surface area contributed by atoms with Crippen LogP contribution in [0, 0.1) is 6.92 Å². The zero-order valence-electron chi connectivity index (χ0n) is 12.3. The molecule has 0 radical (unpaired) electrons. The SMILES string of the molecule is Cc1c(CC(=O)Nc2cccc3cn[nH]c23)ncn(C)c1=O. The molecule has 0 fully saturated rings. The Morgan fingerprint density at radius 1 is 1.41 bits per heavy atom. The number of aromatic amines is 1. The number of para-hydroxylation sites is 1. The Morgan fingerprint density at radius 3 is 3.05 bits per heavy atom. The number of carbonyl (C=O) groups excluding carboxylic acids is 1. The second-order valence-corrected chi connectivity index (χ2v) is 5.10. The molecule has 0 aliphatic rings. The fourth-order valence-electron chi connectivity index (χ4n) is 2.29. The van der Waals surface area contributed by atoms with E-state index in [2.05, 4.69) is 20.5 Å². The number of aryl methyl sites for hydroxylation is 1. The van der Waals surface area contributed by atoms with Gasteiger partial charge in [-0.05, 0) is 13.0 Å². The average Bonchev–Trinajstić information content (AvgIpc) is 2.97. The number of aromatic nitrogens is 4. The average molecular weight is 297 g/mol. The van der Waals surface area contributed by atoms with Crippen molar-refractivity contribution in [3.05, 3.63) is 52.3 Å². The van der Waals surface area contributed by atoms with E-state index in [-0.39, 0.29) is 17.9 Å². The standard InChI is InChI=1S/C15H15N5O2/c1-9-12(16-8-20(2)15(9)22)6-13(21)18-11-5-3-4-10-7-17-19-14(10)11/h3-5,7-8H,6H2,1-2H3,(H,17,19)(H,18,21). The van der Waals surface area contributed by atoms with Crippen LogP contribution in [0.25, 0.3) is 10.9 Å². The maximum atomic E-state index is 12.2. The number of H-pyrrole nitrogens is 1.